The molecule has 0 saturated heterocycles. The summed E-state index contributed by atoms with van der Waals surface area (Å²) in [7, 11) is 0. The van der Waals surface area contributed by atoms with Gasteiger partial charge in [-0.2, -0.15) is 5.53 Å². The topological polar surface area (TPSA) is 116 Å². The van der Waals surface area contributed by atoms with Crippen molar-refractivity contribution in [2.24, 2.45) is 0 Å². The predicted octanol–water partition coefficient (Wildman–Crippen LogP) is 1.56. The Morgan fingerprint density at radius 1 is 1.15 bits per heavy atom. The van der Waals surface area contributed by atoms with E-state index < -0.39 is 34.8 Å². The van der Waals surface area contributed by atoms with Crippen molar-refractivity contribution in [2.75, 3.05) is 5.32 Å². The molecule has 2 aromatic rings. The molecule has 5 N–H and O–H groups in total. The number of carbonyl (C=O) groups excluding carboxylic acids is 3. The van der Waals surface area contributed by atoms with Crippen LogP contribution in [-0.2, 0) is 17.8 Å². The van der Waals surface area contributed by atoms with Crippen LogP contribution in [0.25, 0.3) is 0 Å². The van der Waals surface area contributed by atoms with Crippen LogP contribution in [0.15, 0.2) is 30.1 Å². The van der Waals surface area contributed by atoms with E-state index in [9.17, 15) is 23.2 Å². The lowest BCUT2D eigenvalue weighted by molar-refractivity contribution is -0.117. The molecule has 3 heterocycles. The van der Waals surface area contributed by atoms with Crippen LogP contribution in [0.1, 0.15) is 51.4 Å². The number of amides is 2. The van der Waals surface area contributed by atoms with E-state index in [-0.39, 0.29) is 16.9 Å². The highest BCUT2D eigenvalue weighted by Gasteiger charge is 2.50. The van der Waals surface area contributed by atoms with Crippen LogP contribution in [0.3, 0.4) is 0 Å². The minimum atomic E-state index is -1.08. The van der Waals surface area contributed by atoms with Crippen LogP contribution in [-0.4, -0.2) is 27.7 Å². The van der Waals surface area contributed by atoms with Crippen LogP contribution in [0, 0.1) is 18.6 Å². The zero-order valence-corrected chi connectivity index (χ0v) is 17.8. The first-order chi connectivity index (χ1) is 15.8. The third-order valence-electron chi connectivity index (χ3n) is 6.34. The molecule has 1 aromatic carbocycles. The molecule has 11 heteroatoms. The summed E-state index contributed by atoms with van der Waals surface area (Å²) in [6.07, 6.45) is 4.37. The number of rotatable bonds is 6. The Labute approximate surface area is 187 Å². The van der Waals surface area contributed by atoms with Crippen molar-refractivity contribution in [1.29, 1.82) is 0 Å². The Hall–Kier alpha value is -3.73. The average molecular weight is 456 g/mol. The molecule has 2 amide bonds. The maximum absolute atomic E-state index is 13.5. The first-order valence-electron chi connectivity index (χ1n) is 10.6. The number of hydrazine groups is 2. The molecule has 33 heavy (non-hydrogen) atoms. The smallest absolute Gasteiger partial charge is 0.293 e. The summed E-state index contributed by atoms with van der Waals surface area (Å²) in [5.41, 5.74) is 10.1. The lowest BCUT2D eigenvalue weighted by atomic mass is 10.0. The lowest BCUT2D eigenvalue weighted by Crippen LogP contribution is -2.46. The molecule has 1 fully saturated rings. The molecule has 1 saturated carbocycles. The second kappa shape index (κ2) is 7.69. The molecular formula is C22H22F2N6O3. The maximum Gasteiger partial charge on any atom is 0.293 e. The molecule has 0 unspecified atom stereocenters. The fourth-order valence-corrected chi connectivity index (χ4v) is 4.56. The number of halogens is 2. The average Bonchev–Trinajstić information content (AvgIpc) is 3.14. The van der Waals surface area contributed by atoms with Crippen LogP contribution >= 0.6 is 0 Å². The number of nitrogens with one attached hydrogen (secondary N) is 5. The molecule has 0 spiro atoms. The van der Waals surface area contributed by atoms with E-state index >= 15 is 0 Å². The predicted molar refractivity (Wildman–Crippen MR) is 114 cm³/mol. The number of nitrogens with zero attached hydrogens (tertiary/aromatic N) is 1. The quantitative estimate of drug-likeness (QED) is 0.333. The fraction of sp³-hybridized carbons (Fsp3) is 0.318. The van der Waals surface area contributed by atoms with Crippen molar-refractivity contribution < 1.29 is 23.2 Å². The second-order valence-electron chi connectivity index (χ2n) is 8.45. The minimum absolute atomic E-state index is 0.0905. The van der Waals surface area contributed by atoms with Crippen molar-refractivity contribution in [2.45, 2.75) is 44.7 Å². The largest absolute Gasteiger partial charge is 0.340 e. The summed E-state index contributed by atoms with van der Waals surface area (Å²) in [6, 6.07) is 3.07. The summed E-state index contributed by atoms with van der Waals surface area (Å²) in [5.74, 6) is -4.09. The van der Waals surface area contributed by atoms with Gasteiger partial charge in [-0.1, -0.05) is 0 Å². The van der Waals surface area contributed by atoms with E-state index in [0.717, 1.165) is 24.3 Å². The van der Waals surface area contributed by atoms with Gasteiger partial charge >= 0.3 is 0 Å². The van der Waals surface area contributed by atoms with Gasteiger partial charge < -0.3 is 26.1 Å². The van der Waals surface area contributed by atoms with E-state index in [0.29, 0.717) is 37.1 Å². The molecular weight excluding hydrogens is 434 g/mol. The van der Waals surface area contributed by atoms with Crippen LogP contribution in [0.5, 0.6) is 0 Å². The van der Waals surface area contributed by atoms with Crippen LogP contribution in [0.4, 0.5) is 14.5 Å². The monoisotopic (exact) mass is 456 g/mol. The Balaban J connectivity index is 1.41. The molecule has 0 bridgehead atoms. The van der Waals surface area contributed by atoms with Crippen molar-refractivity contribution in [3.05, 3.63) is 64.2 Å². The van der Waals surface area contributed by atoms with E-state index in [4.69, 9.17) is 0 Å². The summed E-state index contributed by atoms with van der Waals surface area (Å²) in [6.45, 7) is 2.14. The Kier molecular flexibility index (Phi) is 4.93. The summed E-state index contributed by atoms with van der Waals surface area (Å²) in [5, 5.41) is 5.39. The third kappa shape index (κ3) is 3.54. The number of hydrogen-bond acceptors (Lipinski definition) is 6. The summed E-state index contributed by atoms with van der Waals surface area (Å²) >= 11 is 0. The van der Waals surface area contributed by atoms with Crippen molar-refractivity contribution in [1.82, 2.24) is 26.3 Å². The zero-order chi connectivity index (χ0) is 23.3. The molecule has 3 aliphatic rings. The van der Waals surface area contributed by atoms with Gasteiger partial charge in [-0.15, -0.1) is 0 Å². The number of Topliss-reactive ketones (excluding diaryl/α,β-unsaturated/α-hetero) is 1. The highest BCUT2D eigenvalue weighted by atomic mass is 19.2. The van der Waals surface area contributed by atoms with Crippen LogP contribution < -0.4 is 27.0 Å². The normalized spacial score (nSPS) is 17.5. The SMILES string of the molecule is Cc1c(C(=O)C(=O)NC2(C3=CNNN3)CC2)c2n(c1C(=O)Nc1ccc(F)c(F)c1)CCC2. The first kappa shape index (κ1) is 21.1. The maximum atomic E-state index is 13.5. The Bertz CT molecular complexity index is 1230. The highest BCUT2D eigenvalue weighted by molar-refractivity contribution is 6.44. The molecule has 9 nitrogen and oxygen atoms in total. The molecule has 2 aliphatic heterocycles. The second-order valence-corrected chi connectivity index (χ2v) is 8.45. The van der Waals surface area contributed by atoms with E-state index in [1.165, 1.54) is 6.07 Å². The number of fused-ring (bicyclic) bond motifs is 1. The number of benzene rings is 1. The van der Waals surface area contributed by atoms with Gasteiger partial charge in [0.1, 0.15) is 5.69 Å². The number of ketones is 1. The summed E-state index contributed by atoms with van der Waals surface area (Å²) in [4.78, 5) is 39.1. The van der Waals surface area contributed by atoms with Gasteiger partial charge in [0.25, 0.3) is 17.6 Å². The van der Waals surface area contributed by atoms with Gasteiger partial charge in [-0.3, -0.25) is 14.4 Å². The van der Waals surface area contributed by atoms with Gasteiger partial charge in [0.2, 0.25) is 0 Å². The molecule has 1 aromatic heterocycles. The highest BCUT2D eigenvalue weighted by Crippen LogP contribution is 2.41. The number of carbonyl (C=O) groups is 3. The van der Waals surface area contributed by atoms with E-state index in [1.807, 2.05) is 0 Å². The zero-order valence-electron chi connectivity index (χ0n) is 17.8. The van der Waals surface area contributed by atoms with Crippen LogP contribution in [0.2, 0.25) is 0 Å². The number of anilines is 1. The minimum Gasteiger partial charge on any atom is -0.340 e. The standard InChI is InChI=1S/C22H22F2N6O3/c1-11-17(19(31)21(33)27-22(6-7-22)16-10-25-29-28-16)15-3-2-8-30(15)18(11)20(32)26-12-4-5-13(23)14(24)9-12/h4-5,9-10,25,28-29H,2-3,6-8H2,1H3,(H,26,32)(H,27,33). The molecule has 172 valence electrons. The third-order valence-corrected chi connectivity index (χ3v) is 6.34. The van der Waals surface area contributed by atoms with E-state index in [1.54, 1.807) is 17.7 Å². The summed E-state index contributed by atoms with van der Waals surface area (Å²) < 4.78 is 28.5. The van der Waals surface area contributed by atoms with Gasteiger partial charge in [0, 0.05) is 30.2 Å². The van der Waals surface area contributed by atoms with E-state index in [2.05, 4.69) is 27.0 Å². The lowest BCUT2D eigenvalue weighted by Gasteiger charge is -2.18. The number of aromatic nitrogens is 1. The fourth-order valence-electron chi connectivity index (χ4n) is 4.56. The van der Waals surface area contributed by atoms with Crippen molar-refractivity contribution in [3.8, 4) is 0 Å². The number of hydrogen-bond donors (Lipinski definition) is 5. The van der Waals surface area contributed by atoms with Crippen molar-refractivity contribution >= 4 is 23.3 Å². The first-order valence-corrected chi connectivity index (χ1v) is 10.6. The molecule has 1 aliphatic carbocycles. The van der Waals surface area contributed by atoms with Gasteiger partial charge in [0.05, 0.1) is 16.8 Å². The van der Waals surface area contributed by atoms with Gasteiger partial charge in [0.15, 0.2) is 11.6 Å². The molecule has 0 radical (unpaired) electrons. The molecule has 5 rings (SSSR count). The van der Waals surface area contributed by atoms with Gasteiger partial charge in [-0.25, -0.2) is 8.78 Å². The Morgan fingerprint density at radius 3 is 2.61 bits per heavy atom. The molecule has 0 atom stereocenters. The van der Waals surface area contributed by atoms with Gasteiger partial charge in [-0.05, 0) is 50.3 Å². The van der Waals surface area contributed by atoms with Crippen molar-refractivity contribution in [3.63, 3.8) is 0 Å². The Morgan fingerprint density at radius 2 is 1.94 bits per heavy atom.